The summed E-state index contributed by atoms with van der Waals surface area (Å²) in [5.41, 5.74) is 1.80. The zero-order valence-electron chi connectivity index (χ0n) is 9.90. The van der Waals surface area contributed by atoms with Gasteiger partial charge in [0.25, 0.3) is 0 Å². The molecule has 0 spiro atoms. The number of ether oxygens (including phenoxy) is 1. The number of fused-ring (bicyclic) bond motifs is 1. The molecule has 17 heavy (non-hydrogen) atoms. The third kappa shape index (κ3) is 2.76. The van der Waals surface area contributed by atoms with Crippen LogP contribution in [0.5, 0.6) is 0 Å². The topological polar surface area (TPSA) is 39.9 Å². The molecule has 0 aliphatic rings. The highest BCUT2D eigenvalue weighted by molar-refractivity contribution is 6.16. The Morgan fingerprint density at radius 3 is 3.12 bits per heavy atom. The normalized spacial score (nSPS) is 11.2. The summed E-state index contributed by atoms with van der Waals surface area (Å²) in [6, 6.07) is 3.84. The van der Waals surface area contributed by atoms with Crippen molar-refractivity contribution >= 4 is 22.8 Å². The lowest BCUT2D eigenvalue weighted by Gasteiger charge is -2.06. The molecule has 0 aliphatic carbocycles. The molecule has 0 aliphatic heterocycles. The summed E-state index contributed by atoms with van der Waals surface area (Å²) >= 11 is 5.90. The van der Waals surface area contributed by atoms with Gasteiger partial charge in [0.2, 0.25) is 0 Å². The molecule has 2 rings (SSSR count). The monoisotopic (exact) mass is 253 g/mol. The molecule has 0 bridgehead atoms. The Kier molecular flexibility index (Phi) is 4.34. The molecule has 0 saturated carbocycles. The first-order valence-electron chi connectivity index (χ1n) is 5.80. The molecule has 5 heteroatoms. The van der Waals surface area contributed by atoms with Crippen molar-refractivity contribution in [3.8, 4) is 0 Å². The van der Waals surface area contributed by atoms with Gasteiger partial charge in [0.05, 0.1) is 5.88 Å². The highest BCUT2D eigenvalue weighted by atomic mass is 35.5. The van der Waals surface area contributed by atoms with E-state index in [4.69, 9.17) is 16.3 Å². The Morgan fingerprint density at radius 1 is 1.47 bits per heavy atom. The maximum atomic E-state index is 5.90. The first-order chi connectivity index (χ1) is 8.36. The summed E-state index contributed by atoms with van der Waals surface area (Å²) in [6.45, 7) is 4.35. The third-order valence-electron chi connectivity index (χ3n) is 2.58. The van der Waals surface area contributed by atoms with Gasteiger partial charge in [-0.3, -0.25) is 0 Å². The Bertz CT molecular complexity index is 484. The summed E-state index contributed by atoms with van der Waals surface area (Å²) < 4.78 is 7.40. The van der Waals surface area contributed by atoms with Crippen LogP contribution in [0.3, 0.4) is 0 Å². The van der Waals surface area contributed by atoms with Gasteiger partial charge in [-0.05, 0) is 25.5 Å². The number of rotatable bonds is 6. The lowest BCUT2D eigenvalue weighted by Crippen LogP contribution is -2.06. The van der Waals surface area contributed by atoms with Crippen LogP contribution >= 0.6 is 11.6 Å². The number of aromatic nitrogens is 3. The van der Waals surface area contributed by atoms with Crippen LogP contribution in [-0.4, -0.2) is 27.7 Å². The maximum absolute atomic E-state index is 5.90. The fourth-order valence-corrected chi connectivity index (χ4v) is 2.02. The third-order valence-corrected chi connectivity index (χ3v) is 2.82. The van der Waals surface area contributed by atoms with Gasteiger partial charge < -0.3 is 9.30 Å². The summed E-state index contributed by atoms with van der Waals surface area (Å²) in [6.07, 6.45) is 2.72. The van der Waals surface area contributed by atoms with Gasteiger partial charge in [-0.15, -0.1) is 11.6 Å². The predicted octanol–water partition coefficient (Wildman–Crippen LogP) is 2.60. The van der Waals surface area contributed by atoms with E-state index in [1.54, 1.807) is 6.20 Å². The highest BCUT2D eigenvalue weighted by Gasteiger charge is 2.09. The van der Waals surface area contributed by atoms with E-state index in [2.05, 4.69) is 14.5 Å². The summed E-state index contributed by atoms with van der Waals surface area (Å²) in [5.74, 6) is 1.28. The molecule has 0 aromatic carbocycles. The van der Waals surface area contributed by atoms with Gasteiger partial charge in [0.15, 0.2) is 5.65 Å². The van der Waals surface area contributed by atoms with Crippen LogP contribution < -0.4 is 0 Å². The second kappa shape index (κ2) is 5.98. The van der Waals surface area contributed by atoms with Gasteiger partial charge in [-0.1, -0.05) is 0 Å². The number of pyridine rings is 1. The van der Waals surface area contributed by atoms with Crippen molar-refractivity contribution in [3.05, 3.63) is 24.2 Å². The minimum absolute atomic E-state index is 0.408. The standard InChI is InChI=1S/C12H16ClN3O/c1-2-17-8-4-7-16-11(9-13)15-10-5-3-6-14-12(10)16/h3,5-6H,2,4,7-9H2,1H3. The van der Waals surface area contributed by atoms with E-state index in [1.165, 1.54) is 0 Å². The van der Waals surface area contributed by atoms with Crippen LogP contribution in [0, 0.1) is 0 Å². The Hall–Kier alpha value is -1.13. The molecule has 0 radical (unpaired) electrons. The number of halogens is 1. The molecule has 2 heterocycles. The van der Waals surface area contributed by atoms with E-state index >= 15 is 0 Å². The van der Waals surface area contributed by atoms with Crippen LogP contribution in [0.4, 0.5) is 0 Å². The van der Waals surface area contributed by atoms with Gasteiger partial charge in [-0.25, -0.2) is 9.97 Å². The molecule has 0 fully saturated rings. The van der Waals surface area contributed by atoms with Crippen LogP contribution in [0.25, 0.3) is 11.2 Å². The molecule has 0 saturated heterocycles. The van der Waals surface area contributed by atoms with Crippen molar-refractivity contribution < 1.29 is 4.74 Å². The zero-order chi connectivity index (χ0) is 12.1. The second-order valence-electron chi connectivity index (χ2n) is 3.71. The van der Waals surface area contributed by atoms with Gasteiger partial charge in [-0.2, -0.15) is 0 Å². The highest BCUT2D eigenvalue weighted by Crippen LogP contribution is 2.15. The second-order valence-corrected chi connectivity index (χ2v) is 3.98. The largest absolute Gasteiger partial charge is 0.382 e. The molecule has 0 unspecified atom stereocenters. The van der Waals surface area contributed by atoms with Crippen molar-refractivity contribution in [2.45, 2.75) is 25.8 Å². The molecule has 92 valence electrons. The van der Waals surface area contributed by atoms with Gasteiger partial charge in [0.1, 0.15) is 11.3 Å². The first-order valence-corrected chi connectivity index (χ1v) is 6.34. The lowest BCUT2D eigenvalue weighted by molar-refractivity contribution is 0.141. The molecule has 0 N–H and O–H groups in total. The van der Waals surface area contributed by atoms with Crippen molar-refractivity contribution in [1.82, 2.24) is 14.5 Å². The SMILES string of the molecule is CCOCCCn1c(CCl)nc2cccnc21. The molecule has 0 atom stereocenters. The summed E-state index contributed by atoms with van der Waals surface area (Å²) in [4.78, 5) is 8.81. The lowest BCUT2D eigenvalue weighted by atomic mass is 10.4. The van der Waals surface area contributed by atoms with E-state index in [1.807, 2.05) is 19.1 Å². The first kappa shape index (κ1) is 12.3. The molecular formula is C12H16ClN3O. The Morgan fingerprint density at radius 2 is 2.35 bits per heavy atom. The van der Waals surface area contributed by atoms with E-state index in [9.17, 15) is 0 Å². The average molecular weight is 254 g/mol. The van der Waals surface area contributed by atoms with Gasteiger partial charge in [0, 0.05) is 26.0 Å². The fraction of sp³-hybridized carbons (Fsp3) is 0.500. The molecule has 0 amide bonds. The van der Waals surface area contributed by atoms with Crippen molar-refractivity contribution in [2.24, 2.45) is 0 Å². The number of hydrogen-bond acceptors (Lipinski definition) is 3. The van der Waals surface area contributed by atoms with Crippen molar-refractivity contribution in [2.75, 3.05) is 13.2 Å². The Labute approximate surface area is 106 Å². The quantitative estimate of drug-likeness (QED) is 0.587. The minimum Gasteiger partial charge on any atom is -0.382 e. The zero-order valence-corrected chi connectivity index (χ0v) is 10.7. The molecule has 2 aromatic rings. The van der Waals surface area contributed by atoms with Crippen LogP contribution in [0.2, 0.25) is 0 Å². The number of nitrogens with zero attached hydrogens (tertiary/aromatic N) is 3. The summed E-state index contributed by atoms with van der Waals surface area (Å²) in [5, 5.41) is 0. The number of hydrogen-bond donors (Lipinski definition) is 0. The maximum Gasteiger partial charge on any atom is 0.160 e. The average Bonchev–Trinajstić information content (AvgIpc) is 2.73. The van der Waals surface area contributed by atoms with Crippen molar-refractivity contribution in [3.63, 3.8) is 0 Å². The van der Waals surface area contributed by atoms with Crippen LogP contribution in [0.15, 0.2) is 18.3 Å². The van der Waals surface area contributed by atoms with Crippen molar-refractivity contribution in [1.29, 1.82) is 0 Å². The molecule has 4 nitrogen and oxygen atoms in total. The minimum atomic E-state index is 0.408. The van der Waals surface area contributed by atoms with E-state index in [0.29, 0.717) is 5.88 Å². The number of imidazole rings is 1. The predicted molar refractivity (Wildman–Crippen MR) is 68.2 cm³/mol. The van der Waals surface area contributed by atoms with Crippen LogP contribution in [-0.2, 0) is 17.2 Å². The fourth-order valence-electron chi connectivity index (χ4n) is 1.81. The van der Waals surface area contributed by atoms with E-state index in [0.717, 1.165) is 43.2 Å². The number of aryl methyl sites for hydroxylation is 1. The summed E-state index contributed by atoms with van der Waals surface area (Å²) in [7, 11) is 0. The van der Waals surface area contributed by atoms with E-state index < -0.39 is 0 Å². The molecule has 2 aromatic heterocycles. The number of alkyl halides is 1. The Balaban J connectivity index is 2.18. The van der Waals surface area contributed by atoms with Gasteiger partial charge >= 0.3 is 0 Å². The smallest absolute Gasteiger partial charge is 0.160 e. The van der Waals surface area contributed by atoms with Crippen LogP contribution in [0.1, 0.15) is 19.2 Å². The van der Waals surface area contributed by atoms with E-state index in [-0.39, 0.29) is 0 Å². The molecular weight excluding hydrogens is 238 g/mol.